The topological polar surface area (TPSA) is 72.0 Å². The zero-order chi connectivity index (χ0) is 20.2. The Labute approximate surface area is 167 Å². The van der Waals surface area contributed by atoms with E-state index in [1.165, 1.54) is 0 Å². The van der Waals surface area contributed by atoms with Crippen LogP contribution in [0.15, 0.2) is 83.7 Å². The van der Waals surface area contributed by atoms with Gasteiger partial charge in [-0.05, 0) is 35.9 Å². The summed E-state index contributed by atoms with van der Waals surface area (Å²) in [5.41, 5.74) is 2.33. The first kappa shape index (κ1) is 18.4. The van der Waals surface area contributed by atoms with Crippen LogP contribution in [-0.2, 0) is 0 Å². The predicted octanol–water partition coefficient (Wildman–Crippen LogP) is 4.36. The molecule has 1 heterocycles. The number of carbonyl (C=O) groups excluding carboxylic acids is 1. The fourth-order valence-electron chi connectivity index (χ4n) is 3.10. The van der Waals surface area contributed by atoms with Gasteiger partial charge >= 0.3 is 0 Å². The summed E-state index contributed by atoms with van der Waals surface area (Å²) >= 11 is 0. The minimum Gasteiger partial charge on any atom is -0.497 e. The highest BCUT2D eigenvalue weighted by Crippen LogP contribution is 2.23. The van der Waals surface area contributed by atoms with Gasteiger partial charge in [-0.1, -0.05) is 54.6 Å². The molecule has 0 spiro atoms. The van der Waals surface area contributed by atoms with Crippen molar-refractivity contribution in [1.29, 1.82) is 0 Å². The summed E-state index contributed by atoms with van der Waals surface area (Å²) in [5.74, 6) is 0.382. The van der Waals surface area contributed by atoms with E-state index in [1.807, 2.05) is 36.4 Å². The number of Topliss-reactive ketones (excluding diaryl/α,β-unsaturated/α-hetero) is 1. The van der Waals surface area contributed by atoms with Crippen molar-refractivity contribution >= 4 is 28.5 Å². The number of hydrogen-bond acceptors (Lipinski definition) is 4. The first-order valence-corrected chi connectivity index (χ1v) is 9.10. The molecule has 1 aromatic heterocycles. The van der Waals surface area contributed by atoms with E-state index in [2.05, 4.69) is 9.97 Å². The summed E-state index contributed by atoms with van der Waals surface area (Å²) in [6.45, 7) is 0. The molecule has 0 aliphatic rings. The first-order valence-electron chi connectivity index (χ1n) is 9.10. The molecule has 0 amide bonds. The summed E-state index contributed by atoms with van der Waals surface area (Å²) in [4.78, 5) is 33.4. The van der Waals surface area contributed by atoms with Gasteiger partial charge in [0.2, 0.25) is 0 Å². The highest BCUT2D eigenvalue weighted by Gasteiger charge is 2.19. The summed E-state index contributed by atoms with van der Waals surface area (Å²) < 4.78 is 5.27. The molecule has 29 heavy (non-hydrogen) atoms. The van der Waals surface area contributed by atoms with Crippen molar-refractivity contribution in [1.82, 2.24) is 9.97 Å². The van der Waals surface area contributed by atoms with Crippen LogP contribution >= 0.6 is 0 Å². The monoisotopic (exact) mass is 382 g/mol. The third-order valence-electron chi connectivity index (χ3n) is 4.54. The average molecular weight is 382 g/mol. The number of carbonyl (C=O) groups is 1. The summed E-state index contributed by atoms with van der Waals surface area (Å²) in [7, 11) is 1.58. The average Bonchev–Trinajstić information content (AvgIpc) is 2.77. The summed E-state index contributed by atoms with van der Waals surface area (Å²) in [6.07, 6.45) is 1.67. The van der Waals surface area contributed by atoms with E-state index in [0.717, 1.165) is 5.56 Å². The number of nitrogens with zero attached hydrogens (tertiary/aromatic N) is 1. The van der Waals surface area contributed by atoms with Crippen molar-refractivity contribution in [3.8, 4) is 5.75 Å². The van der Waals surface area contributed by atoms with Gasteiger partial charge in [0.25, 0.3) is 5.56 Å². The number of benzene rings is 3. The smallest absolute Gasteiger partial charge is 0.275 e. The van der Waals surface area contributed by atoms with Gasteiger partial charge in [-0.25, -0.2) is 4.98 Å². The number of nitrogens with one attached hydrogen (secondary N) is 1. The second kappa shape index (κ2) is 7.94. The minimum atomic E-state index is -0.415. The molecule has 4 rings (SSSR count). The Bertz CT molecular complexity index is 1270. The highest BCUT2D eigenvalue weighted by molar-refractivity contribution is 6.32. The second-order valence-electron chi connectivity index (χ2n) is 6.46. The van der Waals surface area contributed by atoms with Crippen molar-refractivity contribution in [2.45, 2.75) is 0 Å². The lowest BCUT2D eigenvalue weighted by atomic mass is 9.98. The van der Waals surface area contributed by atoms with Crippen LogP contribution in [0.3, 0.4) is 0 Å². The van der Waals surface area contributed by atoms with E-state index in [-0.39, 0.29) is 17.1 Å². The lowest BCUT2D eigenvalue weighted by molar-refractivity contribution is 0.105. The molecule has 0 aliphatic carbocycles. The number of allylic oxidation sites excluding steroid dienone is 1. The van der Waals surface area contributed by atoms with E-state index < -0.39 is 5.56 Å². The van der Waals surface area contributed by atoms with Gasteiger partial charge in [0, 0.05) is 5.56 Å². The Hall–Kier alpha value is -3.99. The summed E-state index contributed by atoms with van der Waals surface area (Å²) in [5, 5.41) is 0. The van der Waals surface area contributed by atoms with Crippen LogP contribution < -0.4 is 10.3 Å². The van der Waals surface area contributed by atoms with Gasteiger partial charge in [0.15, 0.2) is 5.78 Å². The molecule has 3 aromatic carbocycles. The number of hydrogen-bond donors (Lipinski definition) is 1. The SMILES string of the molecule is COc1cccc(/C=C(/C(=O)c2ccccc2)c2nc3ccccc3[nH]c2=O)c1. The number of aromatic nitrogens is 2. The van der Waals surface area contributed by atoms with E-state index >= 15 is 0 Å². The Morgan fingerprint density at radius 2 is 1.72 bits per heavy atom. The van der Waals surface area contributed by atoms with Crippen LogP contribution in [0.5, 0.6) is 5.75 Å². The Kier molecular flexibility index (Phi) is 5.03. The fraction of sp³-hybridized carbons (Fsp3) is 0.0417. The number of ketones is 1. The van der Waals surface area contributed by atoms with Gasteiger partial charge in [-0.15, -0.1) is 0 Å². The first-order chi connectivity index (χ1) is 14.2. The molecule has 0 saturated carbocycles. The number of para-hydroxylation sites is 2. The molecule has 4 aromatic rings. The van der Waals surface area contributed by atoms with E-state index in [1.54, 1.807) is 55.7 Å². The molecule has 0 bridgehead atoms. The number of rotatable bonds is 5. The molecule has 0 radical (unpaired) electrons. The van der Waals surface area contributed by atoms with Crippen molar-refractivity contribution in [2.75, 3.05) is 7.11 Å². The molecule has 5 nitrogen and oxygen atoms in total. The number of fused-ring (bicyclic) bond motifs is 1. The second-order valence-corrected chi connectivity index (χ2v) is 6.46. The molecule has 142 valence electrons. The van der Waals surface area contributed by atoms with Gasteiger partial charge in [-0.3, -0.25) is 9.59 Å². The van der Waals surface area contributed by atoms with Crippen LogP contribution in [0.2, 0.25) is 0 Å². The standard InChI is InChI=1S/C24H18N2O3/c1-29-18-11-7-8-16(14-18)15-19(23(27)17-9-3-2-4-10-17)22-24(28)26-21-13-6-5-12-20(21)25-22/h2-15H,1H3,(H,26,28)/b19-15+. The van der Waals surface area contributed by atoms with Gasteiger partial charge < -0.3 is 9.72 Å². The van der Waals surface area contributed by atoms with Gasteiger partial charge in [-0.2, -0.15) is 0 Å². The highest BCUT2D eigenvalue weighted by atomic mass is 16.5. The Balaban J connectivity index is 1.93. The third-order valence-corrected chi connectivity index (χ3v) is 4.54. The maximum absolute atomic E-state index is 13.3. The quantitative estimate of drug-likeness (QED) is 0.411. The third kappa shape index (κ3) is 3.84. The molecule has 0 fully saturated rings. The van der Waals surface area contributed by atoms with E-state index in [9.17, 15) is 9.59 Å². The Morgan fingerprint density at radius 1 is 0.966 bits per heavy atom. The largest absolute Gasteiger partial charge is 0.497 e. The van der Waals surface area contributed by atoms with Gasteiger partial charge in [0.1, 0.15) is 11.4 Å². The summed E-state index contributed by atoms with van der Waals surface area (Å²) in [6, 6.07) is 23.4. The number of methoxy groups -OCH3 is 1. The normalized spacial score (nSPS) is 11.4. The van der Waals surface area contributed by atoms with Crippen LogP contribution in [0.25, 0.3) is 22.7 Å². The maximum Gasteiger partial charge on any atom is 0.275 e. The van der Waals surface area contributed by atoms with Crippen molar-refractivity contribution in [3.05, 3.63) is 106 Å². The zero-order valence-electron chi connectivity index (χ0n) is 15.8. The minimum absolute atomic E-state index is 0.0837. The lowest BCUT2D eigenvalue weighted by Gasteiger charge is -2.08. The molecular weight excluding hydrogens is 364 g/mol. The van der Waals surface area contributed by atoms with Crippen molar-refractivity contribution < 1.29 is 9.53 Å². The molecule has 0 atom stereocenters. The van der Waals surface area contributed by atoms with E-state index in [0.29, 0.717) is 22.3 Å². The maximum atomic E-state index is 13.3. The molecular formula is C24H18N2O3. The lowest BCUT2D eigenvalue weighted by Crippen LogP contribution is -2.18. The molecule has 5 heteroatoms. The van der Waals surface area contributed by atoms with Gasteiger partial charge in [0.05, 0.1) is 23.7 Å². The predicted molar refractivity (Wildman–Crippen MR) is 114 cm³/mol. The van der Waals surface area contributed by atoms with Crippen LogP contribution in [0, 0.1) is 0 Å². The fourth-order valence-corrected chi connectivity index (χ4v) is 3.10. The van der Waals surface area contributed by atoms with Crippen molar-refractivity contribution in [2.24, 2.45) is 0 Å². The molecule has 1 N–H and O–H groups in total. The molecule has 0 aliphatic heterocycles. The Morgan fingerprint density at radius 3 is 2.52 bits per heavy atom. The van der Waals surface area contributed by atoms with Crippen molar-refractivity contribution in [3.63, 3.8) is 0 Å². The number of aromatic amines is 1. The number of ether oxygens (including phenoxy) is 1. The van der Waals surface area contributed by atoms with Crippen LogP contribution in [0.4, 0.5) is 0 Å². The van der Waals surface area contributed by atoms with Crippen LogP contribution in [-0.4, -0.2) is 22.9 Å². The van der Waals surface area contributed by atoms with Crippen LogP contribution in [0.1, 0.15) is 21.6 Å². The molecule has 0 saturated heterocycles. The van der Waals surface area contributed by atoms with E-state index in [4.69, 9.17) is 4.74 Å². The molecule has 0 unspecified atom stereocenters. The number of H-pyrrole nitrogens is 1. The zero-order valence-corrected chi connectivity index (χ0v) is 15.8.